The van der Waals surface area contributed by atoms with Gasteiger partial charge in [0.2, 0.25) is 11.7 Å². The second-order valence-electron chi connectivity index (χ2n) is 6.72. The summed E-state index contributed by atoms with van der Waals surface area (Å²) in [5.41, 5.74) is 2.98. The Hall–Kier alpha value is -3.74. The van der Waals surface area contributed by atoms with Gasteiger partial charge in [-0.2, -0.15) is 0 Å². The van der Waals surface area contributed by atoms with Gasteiger partial charge in [-0.05, 0) is 36.4 Å². The molecule has 1 amide bonds. The van der Waals surface area contributed by atoms with Crippen molar-refractivity contribution in [2.45, 2.75) is 6.92 Å². The van der Waals surface area contributed by atoms with E-state index in [1.54, 1.807) is 18.2 Å². The monoisotopic (exact) mass is 408 g/mol. The number of methoxy groups -OCH3 is 3. The number of hydrogen-bond acceptors (Lipinski definition) is 5. The Kier molecular flexibility index (Phi) is 6.11. The number of carbonyl (C=O) groups excluding carboxylic acids is 2. The predicted octanol–water partition coefficient (Wildman–Crippen LogP) is 4.06. The lowest BCUT2D eigenvalue weighted by Gasteiger charge is -2.13. The van der Waals surface area contributed by atoms with Gasteiger partial charge in [-0.3, -0.25) is 9.59 Å². The van der Waals surface area contributed by atoms with Crippen LogP contribution < -0.4 is 19.5 Å². The van der Waals surface area contributed by atoms with E-state index in [2.05, 4.69) is 5.32 Å². The molecule has 0 aliphatic heterocycles. The van der Waals surface area contributed by atoms with Gasteiger partial charge in [0, 0.05) is 42.4 Å². The molecule has 0 spiro atoms. The summed E-state index contributed by atoms with van der Waals surface area (Å²) in [5, 5.41) is 3.75. The number of allylic oxidation sites excluding steroid dienone is 1. The van der Waals surface area contributed by atoms with Crippen molar-refractivity contribution in [2.24, 2.45) is 7.05 Å². The molecule has 7 heteroatoms. The summed E-state index contributed by atoms with van der Waals surface area (Å²) in [4.78, 5) is 24.1. The molecule has 156 valence electrons. The summed E-state index contributed by atoms with van der Waals surface area (Å²) in [5.74, 6) is 0.957. The van der Waals surface area contributed by atoms with Crippen LogP contribution in [0.15, 0.2) is 42.6 Å². The fourth-order valence-electron chi connectivity index (χ4n) is 3.31. The van der Waals surface area contributed by atoms with Gasteiger partial charge in [0.1, 0.15) is 0 Å². The van der Waals surface area contributed by atoms with E-state index >= 15 is 0 Å². The number of benzene rings is 2. The number of amides is 1. The molecule has 0 radical (unpaired) electrons. The number of carbonyl (C=O) groups is 2. The fourth-order valence-corrected chi connectivity index (χ4v) is 3.31. The minimum atomic E-state index is -0.193. The lowest BCUT2D eigenvalue weighted by molar-refractivity contribution is -0.114. The van der Waals surface area contributed by atoms with E-state index < -0.39 is 0 Å². The number of aryl methyl sites for hydroxylation is 1. The molecule has 0 saturated carbocycles. The topological polar surface area (TPSA) is 78.8 Å². The van der Waals surface area contributed by atoms with Gasteiger partial charge in [0.15, 0.2) is 17.3 Å². The second kappa shape index (κ2) is 8.73. The average Bonchev–Trinajstić information content (AvgIpc) is 3.05. The van der Waals surface area contributed by atoms with Crippen LogP contribution in [0.2, 0.25) is 0 Å². The number of hydrogen-bond donors (Lipinski definition) is 1. The third-order valence-corrected chi connectivity index (χ3v) is 4.71. The normalized spacial score (nSPS) is 11.0. The molecule has 1 aromatic heterocycles. The number of anilines is 1. The van der Waals surface area contributed by atoms with Crippen LogP contribution in [0, 0.1) is 0 Å². The van der Waals surface area contributed by atoms with E-state index in [0.29, 0.717) is 22.8 Å². The maximum atomic E-state index is 12.8. The van der Waals surface area contributed by atoms with Crippen molar-refractivity contribution >= 4 is 34.4 Å². The lowest BCUT2D eigenvalue weighted by atomic mass is 10.1. The standard InChI is InChI=1S/C23H24N2O5/c1-14(26)24-17-7-8-18-15(13-25(2)19(18)12-17)6-9-20(27)16-10-21(28-3)23(30-5)22(11-16)29-4/h6-13H,1-5H3,(H,24,26)/b9-6+. The highest BCUT2D eigenvalue weighted by atomic mass is 16.5. The van der Waals surface area contributed by atoms with Crippen LogP contribution in [-0.2, 0) is 11.8 Å². The van der Waals surface area contributed by atoms with E-state index in [4.69, 9.17) is 14.2 Å². The maximum absolute atomic E-state index is 12.8. The first kappa shape index (κ1) is 21.0. The molecule has 30 heavy (non-hydrogen) atoms. The Morgan fingerprint density at radius 1 is 1.00 bits per heavy atom. The molecule has 1 heterocycles. The predicted molar refractivity (Wildman–Crippen MR) is 117 cm³/mol. The number of ether oxygens (including phenoxy) is 3. The van der Waals surface area contributed by atoms with Gasteiger partial charge in [0.25, 0.3) is 0 Å². The Morgan fingerprint density at radius 2 is 1.67 bits per heavy atom. The second-order valence-corrected chi connectivity index (χ2v) is 6.72. The Bertz CT molecular complexity index is 1120. The number of rotatable bonds is 7. The summed E-state index contributed by atoms with van der Waals surface area (Å²) >= 11 is 0. The first-order valence-electron chi connectivity index (χ1n) is 9.27. The molecule has 3 aromatic rings. The highest BCUT2D eigenvalue weighted by Crippen LogP contribution is 2.38. The maximum Gasteiger partial charge on any atom is 0.221 e. The zero-order valence-electron chi connectivity index (χ0n) is 17.6. The van der Waals surface area contributed by atoms with Crippen LogP contribution in [0.4, 0.5) is 5.69 Å². The molecule has 2 aromatic carbocycles. The molecule has 3 rings (SSSR count). The molecule has 0 bridgehead atoms. The van der Waals surface area contributed by atoms with Gasteiger partial charge < -0.3 is 24.1 Å². The molecule has 0 fully saturated rings. The number of nitrogens with one attached hydrogen (secondary N) is 1. The van der Waals surface area contributed by atoms with Crippen molar-refractivity contribution in [2.75, 3.05) is 26.6 Å². The zero-order valence-corrected chi connectivity index (χ0v) is 17.6. The zero-order chi connectivity index (χ0) is 21.8. The lowest BCUT2D eigenvalue weighted by Crippen LogP contribution is -2.05. The third-order valence-electron chi connectivity index (χ3n) is 4.71. The van der Waals surface area contributed by atoms with Crippen molar-refractivity contribution in [1.29, 1.82) is 0 Å². The Labute approximate surface area is 174 Å². The van der Waals surface area contributed by atoms with Gasteiger partial charge in [-0.25, -0.2) is 0 Å². The third kappa shape index (κ3) is 4.15. The van der Waals surface area contributed by atoms with E-state index in [9.17, 15) is 9.59 Å². The van der Waals surface area contributed by atoms with Crippen LogP contribution >= 0.6 is 0 Å². The molecule has 7 nitrogen and oxygen atoms in total. The molecule has 0 unspecified atom stereocenters. The van der Waals surface area contributed by atoms with Gasteiger partial charge >= 0.3 is 0 Å². The van der Waals surface area contributed by atoms with Crippen molar-refractivity contribution in [1.82, 2.24) is 4.57 Å². The van der Waals surface area contributed by atoms with E-state index in [-0.39, 0.29) is 11.7 Å². The van der Waals surface area contributed by atoms with Crippen molar-refractivity contribution < 1.29 is 23.8 Å². The Morgan fingerprint density at radius 3 is 2.23 bits per heavy atom. The van der Waals surface area contributed by atoms with Crippen molar-refractivity contribution in [3.05, 3.63) is 53.7 Å². The smallest absolute Gasteiger partial charge is 0.221 e. The van der Waals surface area contributed by atoms with Crippen LogP contribution in [-0.4, -0.2) is 37.6 Å². The summed E-state index contributed by atoms with van der Waals surface area (Å²) in [7, 11) is 6.44. The Balaban J connectivity index is 1.93. The van der Waals surface area contributed by atoms with Crippen LogP contribution in [0.25, 0.3) is 17.0 Å². The minimum Gasteiger partial charge on any atom is -0.493 e. The molecule has 0 aliphatic rings. The summed E-state index contributed by atoms with van der Waals surface area (Å²) < 4.78 is 17.9. The molecule has 0 atom stereocenters. The van der Waals surface area contributed by atoms with Gasteiger partial charge in [-0.15, -0.1) is 0 Å². The van der Waals surface area contributed by atoms with E-state index in [0.717, 1.165) is 22.2 Å². The molecule has 1 N–H and O–H groups in total. The van der Waals surface area contributed by atoms with E-state index in [1.807, 2.05) is 36.0 Å². The number of aromatic nitrogens is 1. The summed E-state index contributed by atoms with van der Waals surface area (Å²) in [6.07, 6.45) is 5.21. The molecule has 0 saturated heterocycles. The highest BCUT2D eigenvalue weighted by Gasteiger charge is 2.16. The van der Waals surface area contributed by atoms with Gasteiger partial charge in [0.05, 0.1) is 26.8 Å². The summed E-state index contributed by atoms with van der Waals surface area (Å²) in [6, 6.07) is 8.90. The number of fused-ring (bicyclic) bond motifs is 1. The van der Waals surface area contributed by atoms with Crippen molar-refractivity contribution in [3.8, 4) is 17.2 Å². The first-order valence-corrected chi connectivity index (χ1v) is 9.27. The molecular weight excluding hydrogens is 384 g/mol. The van der Waals surface area contributed by atoms with Gasteiger partial charge in [-0.1, -0.05) is 6.07 Å². The first-order chi connectivity index (χ1) is 14.4. The average molecular weight is 408 g/mol. The number of nitrogens with zero attached hydrogens (tertiary/aromatic N) is 1. The van der Waals surface area contributed by atoms with Crippen LogP contribution in [0.3, 0.4) is 0 Å². The minimum absolute atomic E-state index is 0.125. The van der Waals surface area contributed by atoms with Crippen LogP contribution in [0.1, 0.15) is 22.8 Å². The van der Waals surface area contributed by atoms with Crippen LogP contribution in [0.5, 0.6) is 17.2 Å². The quantitative estimate of drug-likeness (QED) is 0.471. The SMILES string of the molecule is COc1cc(C(=O)/C=C/c2cn(C)c3cc(NC(C)=O)ccc23)cc(OC)c1OC. The molecular formula is C23H24N2O5. The van der Waals surface area contributed by atoms with Crippen molar-refractivity contribution in [3.63, 3.8) is 0 Å². The highest BCUT2D eigenvalue weighted by molar-refractivity contribution is 6.08. The number of ketones is 1. The molecule has 0 aliphatic carbocycles. The summed E-state index contributed by atoms with van der Waals surface area (Å²) in [6.45, 7) is 1.47. The fraction of sp³-hybridized carbons (Fsp3) is 0.217. The largest absolute Gasteiger partial charge is 0.493 e. The van der Waals surface area contributed by atoms with E-state index in [1.165, 1.54) is 34.3 Å².